The van der Waals surface area contributed by atoms with Crippen LogP contribution in [-0.4, -0.2) is 28.3 Å². The molecule has 0 aliphatic heterocycles. The predicted octanol–water partition coefficient (Wildman–Crippen LogP) is 3.34. The molecule has 0 spiro atoms. The Morgan fingerprint density at radius 1 is 1.22 bits per heavy atom. The fraction of sp³-hybridized carbons (Fsp3) is 0.524. The van der Waals surface area contributed by atoms with Crippen LogP contribution < -0.4 is 11.1 Å². The molecule has 1 aromatic heterocycles. The van der Waals surface area contributed by atoms with Gasteiger partial charge in [-0.1, -0.05) is 31.0 Å². The number of hydrogen-bond acceptors (Lipinski definition) is 3. The van der Waals surface area contributed by atoms with Crippen molar-refractivity contribution in [1.82, 2.24) is 15.1 Å². The maximum absolute atomic E-state index is 13.0. The van der Waals surface area contributed by atoms with Crippen molar-refractivity contribution in [2.75, 3.05) is 6.54 Å². The molecule has 2 atom stereocenters. The van der Waals surface area contributed by atoms with Crippen LogP contribution in [0.25, 0.3) is 5.69 Å². The van der Waals surface area contributed by atoms with Crippen molar-refractivity contribution in [3.8, 4) is 5.69 Å². The molecule has 27 heavy (non-hydrogen) atoms. The molecule has 1 heterocycles. The summed E-state index contributed by atoms with van der Waals surface area (Å²) in [5.74, 6) is 0.361. The molecule has 2 aliphatic rings. The number of carbonyl (C=O) groups excluding carboxylic acids is 1. The monoisotopic (exact) mass is 388 g/mol. The average molecular weight is 389 g/mol. The van der Waals surface area contributed by atoms with Gasteiger partial charge in [0.05, 0.1) is 5.69 Å². The number of rotatable bonds is 4. The van der Waals surface area contributed by atoms with Crippen molar-refractivity contribution in [2.24, 2.45) is 11.7 Å². The van der Waals surface area contributed by atoms with Gasteiger partial charge in [0.1, 0.15) is 0 Å². The minimum absolute atomic E-state index is 0. The van der Waals surface area contributed by atoms with Crippen LogP contribution in [0, 0.1) is 12.8 Å². The third-order valence-electron chi connectivity index (χ3n) is 6.02. The lowest BCUT2D eigenvalue weighted by Gasteiger charge is -2.31. The van der Waals surface area contributed by atoms with Gasteiger partial charge in [-0.05, 0) is 63.1 Å². The summed E-state index contributed by atoms with van der Waals surface area (Å²) in [6.07, 6.45) is 7.52. The highest BCUT2D eigenvalue weighted by molar-refractivity contribution is 5.94. The first-order valence-electron chi connectivity index (χ1n) is 9.86. The van der Waals surface area contributed by atoms with E-state index in [-0.39, 0.29) is 24.4 Å². The Hall–Kier alpha value is -1.85. The molecule has 0 saturated heterocycles. The molecule has 4 rings (SSSR count). The molecule has 2 aromatic rings. The number of halogens is 1. The van der Waals surface area contributed by atoms with Crippen LogP contribution in [0.4, 0.5) is 0 Å². The van der Waals surface area contributed by atoms with E-state index in [0.717, 1.165) is 49.8 Å². The molecule has 6 heteroatoms. The normalized spacial score (nSPS) is 21.4. The molecule has 2 aliphatic carbocycles. The van der Waals surface area contributed by atoms with Gasteiger partial charge in [0.25, 0.3) is 5.91 Å². The van der Waals surface area contributed by atoms with Gasteiger partial charge < -0.3 is 11.1 Å². The van der Waals surface area contributed by atoms with E-state index < -0.39 is 0 Å². The second-order valence-corrected chi connectivity index (χ2v) is 7.69. The first-order chi connectivity index (χ1) is 12.7. The van der Waals surface area contributed by atoms with Crippen LogP contribution in [0.1, 0.15) is 59.4 Å². The number of fused-ring (bicyclic) bond motifs is 1. The lowest BCUT2D eigenvalue weighted by atomic mass is 9.84. The molecular formula is C21H29ClN4O. The molecule has 1 amide bonds. The summed E-state index contributed by atoms with van der Waals surface area (Å²) in [6.45, 7) is 2.73. The minimum atomic E-state index is -0.0270. The quantitative estimate of drug-likeness (QED) is 0.843. The third-order valence-corrected chi connectivity index (χ3v) is 6.02. The Labute approximate surface area is 167 Å². The van der Waals surface area contributed by atoms with Gasteiger partial charge in [-0.15, -0.1) is 12.4 Å². The van der Waals surface area contributed by atoms with E-state index in [1.54, 1.807) is 0 Å². The zero-order valence-corrected chi connectivity index (χ0v) is 16.7. The van der Waals surface area contributed by atoms with Crippen molar-refractivity contribution in [2.45, 2.75) is 57.9 Å². The number of hydrogen-bond donors (Lipinski definition) is 2. The molecule has 5 nitrogen and oxygen atoms in total. The van der Waals surface area contributed by atoms with Crippen LogP contribution in [-0.2, 0) is 12.8 Å². The smallest absolute Gasteiger partial charge is 0.272 e. The lowest BCUT2D eigenvalue weighted by molar-refractivity contribution is 0.0901. The number of aryl methyl sites for hydroxylation is 1. The average Bonchev–Trinajstić information content (AvgIpc) is 3.25. The number of nitrogens with two attached hydrogens (primary N) is 1. The number of benzene rings is 1. The zero-order valence-electron chi connectivity index (χ0n) is 15.9. The highest BCUT2D eigenvalue weighted by atomic mass is 35.5. The Kier molecular flexibility index (Phi) is 6.22. The fourth-order valence-corrected chi connectivity index (χ4v) is 4.54. The summed E-state index contributed by atoms with van der Waals surface area (Å²) < 4.78 is 1.99. The maximum atomic E-state index is 13.0. The van der Waals surface area contributed by atoms with Crippen LogP contribution in [0.3, 0.4) is 0 Å². The van der Waals surface area contributed by atoms with Gasteiger partial charge in [0, 0.05) is 17.3 Å². The lowest BCUT2D eigenvalue weighted by Crippen LogP contribution is -2.45. The van der Waals surface area contributed by atoms with E-state index in [9.17, 15) is 4.79 Å². The van der Waals surface area contributed by atoms with Crippen LogP contribution in [0.15, 0.2) is 24.3 Å². The standard InChI is InChI=1S/C21H28N4O.ClH/c1-14-7-2-5-11-18(14)25-19-12-6-9-16(19)20(24-25)21(26)23-17-10-4-3-8-15(17)13-22;/h2,5,7,11,15,17H,3-4,6,8-10,12-13,22H2,1H3,(H,23,26);1H. The van der Waals surface area contributed by atoms with Crippen LogP contribution in [0.5, 0.6) is 0 Å². The van der Waals surface area contributed by atoms with Crippen LogP contribution in [0.2, 0.25) is 0 Å². The summed E-state index contributed by atoms with van der Waals surface area (Å²) in [6, 6.07) is 8.41. The molecule has 1 fully saturated rings. The SMILES string of the molecule is Cc1ccccc1-n1nc(C(=O)NC2CCCCC2CN)c2c1CCC2.Cl. The summed E-state index contributed by atoms with van der Waals surface area (Å²) >= 11 is 0. The minimum Gasteiger partial charge on any atom is -0.348 e. The molecule has 1 aromatic carbocycles. The van der Waals surface area contributed by atoms with E-state index in [0.29, 0.717) is 18.2 Å². The second-order valence-electron chi connectivity index (χ2n) is 7.69. The van der Waals surface area contributed by atoms with Crippen LogP contribution >= 0.6 is 12.4 Å². The van der Waals surface area contributed by atoms with E-state index in [4.69, 9.17) is 10.8 Å². The summed E-state index contributed by atoms with van der Waals surface area (Å²) in [5, 5.41) is 8.00. The Morgan fingerprint density at radius 2 is 2.00 bits per heavy atom. The summed E-state index contributed by atoms with van der Waals surface area (Å²) in [5.41, 5.74) is 11.1. The van der Waals surface area contributed by atoms with Gasteiger partial charge in [-0.25, -0.2) is 4.68 Å². The molecule has 0 bridgehead atoms. The van der Waals surface area contributed by atoms with E-state index in [2.05, 4.69) is 24.4 Å². The first-order valence-corrected chi connectivity index (χ1v) is 9.86. The molecule has 1 saturated carbocycles. The fourth-order valence-electron chi connectivity index (χ4n) is 4.54. The molecular weight excluding hydrogens is 360 g/mol. The van der Waals surface area contributed by atoms with Gasteiger partial charge in [-0.3, -0.25) is 4.79 Å². The van der Waals surface area contributed by atoms with E-state index in [1.807, 2.05) is 16.8 Å². The van der Waals surface area contributed by atoms with E-state index in [1.165, 1.54) is 17.7 Å². The predicted molar refractivity (Wildman–Crippen MR) is 110 cm³/mol. The Bertz CT molecular complexity index is 817. The molecule has 3 N–H and O–H groups in total. The van der Waals surface area contributed by atoms with Crippen molar-refractivity contribution < 1.29 is 4.79 Å². The summed E-state index contributed by atoms with van der Waals surface area (Å²) in [4.78, 5) is 13.0. The van der Waals surface area contributed by atoms with Crippen molar-refractivity contribution in [3.63, 3.8) is 0 Å². The molecule has 0 radical (unpaired) electrons. The molecule has 2 unspecified atom stereocenters. The number of carbonyl (C=O) groups is 1. The third kappa shape index (κ3) is 3.76. The first kappa shape index (κ1) is 19.9. The van der Waals surface area contributed by atoms with Crippen molar-refractivity contribution in [1.29, 1.82) is 0 Å². The largest absolute Gasteiger partial charge is 0.348 e. The second kappa shape index (κ2) is 8.44. The number of amides is 1. The number of nitrogens with one attached hydrogen (secondary N) is 1. The Balaban J connectivity index is 0.00000210. The number of nitrogens with zero attached hydrogens (tertiary/aromatic N) is 2. The zero-order chi connectivity index (χ0) is 18.1. The van der Waals surface area contributed by atoms with E-state index >= 15 is 0 Å². The number of para-hydroxylation sites is 1. The van der Waals surface area contributed by atoms with Gasteiger partial charge in [-0.2, -0.15) is 5.10 Å². The van der Waals surface area contributed by atoms with Gasteiger partial charge in [0.2, 0.25) is 0 Å². The number of aromatic nitrogens is 2. The molecule has 146 valence electrons. The highest BCUT2D eigenvalue weighted by Gasteiger charge is 2.30. The topological polar surface area (TPSA) is 72.9 Å². The highest BCUT2D eigenvalue weighted by Crippen LogP contribution is 2.30. The Morgan fingerprint density at radius 3 is 2.78 bits per heavy atom. The van der Waals surface area contributed by atoms with Crippen molar-refractivity contribution >= 4 is 18.3 Å². The van der Waals surface area contributed by atoms with Crippen molar-refractivity contribution in [3.05, 3.63) is 46.8 Å². The maximum Gasteiger partial charge on any atom is 0.272 e. The summed E-state index contributed by atoms with van der Waals surface area (Å²) in [7, 11) is 0. The van der Waals surface area contributed by atoms with Gasteiger partial charge >= 0.3 is 0 Å². The van der Waals surface area contributed by atoms with Gasteiger partial charge in [0.15, 0.2) is 5.69 Å².